The Hall–Kier alpha value is -0.860. The summed E-state index contributed by atoms with van der Waals surface area (Å²) in [5, 5.41) is 9.31. The van der Waals surface area contributed by atoms with Gasteiger partial charge >= 0.3 is 0 Å². The van der Waals surface area contributed by atoms with Gasteiger partial charge in [-0.2, -0.15) is 0 Å². The van der Waals surface area contributed by atoms with E-state index in [0.717, 1.165) is 13.0 Å². The molecule has 0 aliphatic rings. The summed E-state index contributed by atoms with van der Waals surface area (Å²) in [6.45, 7) is 9.58. The summed E-state index contributed by atoms with van der Waals surface area (Å²) in [6, 6.07) is 6.61. The van der Waals surface area contributed by atoms with Crippen LogP contribution in [-0.2, 0) is 6.42 Å². The second-order valence-corrected chi connectivity index (χ2v) is 5.57. The molecule has 0 radical (unpaired) electrons. The number of likely N-dealkylation sites (N-methyl/N-ethyl adjacent to an activating group) is 1. The quantitative estimate of drug-likeness (QED) is 0.848. The molecule has 1 aromatic carbocycles. The molecular formula is C15H25NO. The molecule has 0 aliphatic carbocycles. The van der Waals surface area contributed by atoms with Crippen LogP contribution in [0.5, 0.6) is 0 Å². The molecule has 0 bridgehead atoms. The maximum absolute atomic E-state index is 9.31. The molecule has 0 atom stereocenters. The molecule has 96 valence electrons. The zero-order valence-electron chi connectivity index (χ0n) is 11.7. The van der Waals surface area contributed by atoms with Gasteiger partial charge in [-0.05, 0) is 52.3 Å². The largest absolute Gasteiger partial charge is 0.394 e. The van der Waals surface area contributed by atoms with E-state index in [4.69, 9.17) is 0 Å². The second kappa shape index (κ2) is 5.65. The maximum Gasteiger partial charge on any atom is 0.0609 e. The van der Waals surface area contributed by atoms with Crippen LogP contribution < -0.4 is 0 Å². The number of aliphatic hydroxyl groups excluding tert-OH is 1. The first-order valence-electron chi connectivity index (χ1n) is 6.25. The van der Waals surface area contributed by atoms with Crippen molar-refractivity contribution < 1.29 is 5.11 Å². The van der Waals surface area contributed by atoms with Crippen molar-refractivity contribution in [2.75, 3.05) is 20.2 Å². The zero-order chi connectivity index (χ0) is 13.1. The molecule has 0 aliphatic heterocycles. The first-order valence-corrected chi connectivity index (χ1v) is 6.25. The first-order chi connectivity index (χ1) is 7.86. The molecule has 0 fully saturated rings. The summed E-state index contributed by atoms with van der Waals surface area (Å²) in [5.74, 6) is 0. The van der Waals surface area contributed by atoms with E-state index in [1.54, 1.807) is 0 Å². The summed E-state index contributed by atoms with van der Waals surface area (Å²) in [7, 11) is 2.07. The molecule has 0 heterocycles. The number of hydrogen-bond donors (Lipinski definition) is 1. The van der Waals surface area contributed by atoms with Crippen molar-refractivity contribution in [3.63, 3.8) is 0 Å². The molecule has 2 nitrogen and oxygen atoms in total. The van der Waals surface area contributed by atoms with Gasteiger partial charge in [0.15, 0.2) is 0 Å². The van der Waals surface area contributed by atoms with E-state index in [9.17, 15) is 5.11 Å². The van der Waals surface area contributed by atoms with Crippen LogP contribution in [0.15, 0.2) is 18.2 Å². The van der Waals surface area contributed by atoms with E-state index < -0.39 is 0 Å². The van der Waals surface area contributed by atoms with Gasteiger partial charge < -0.3 is 5.11 Å². The van der Waals surface area contributed by atoms with Gasteiger partial charge in [0.1, 0.15) is 0 Å². The fourth-order valence-corrected chi connectivity index (χ4v) is 1.84. The fraction of sp³-hybridized carbons (Fsp3) is 0.600. The van der Waals surface area contributed by atoms with Gasteiger partial charge in [-0.3, -0.25) is 4.90 Å². The van der Waals surface area contributed by atoms with Crippen molar-refractivity contribution >= 4 is 0 Å². The van der Waals surface area contributed by atoms with Gasteiger partial charge in [-0.1, -0.05) is 23.8 Å². The summed E-state index contributed by atoms with van der Waals surface area (Å²) < 4.78 is 0. The Labute approximate surface area is 105 Å². The molecule has 0 unspecified atom stereocenters. The van der Waals surface area contributed by atoms with Crippen LogP contribution in [0.4, 0.5) is 0 Å². The van der Waals surface area contributed by atoms with Gasteiger partial charge in [0.05, 0.1) is 6.61 Å². The molecule has 0 spiro atoms. The van der Waals surface area contributed by atoms with Crippen LogP contribution in [0.1, 0.15) is 30.5 Å². The van der Waals surface area contributed by atoms with Crippen molar-refractivity contribution in [3.05, 3.63) is 34.9 Å². The highest BCUT2D eigenvalue weighted by atomic mass is 16.3. The Kier molecular flexibility index (Phi) is 4.72. The lowest BCUT2D eigenvalue weighted by Crippen LogP contribution is -2.45. The van der Waals surface area contributed by atoms with Crippen LogP contribution in [-0.4, -0.2) is 35.7 Å². The van der Waals surface area contributed by atoms with Crippen molar-refractivity contribution in [1.29, 1.82) is 0 Å². The topological polar surface area (TPSA) is 23.5 Å². The Morgan fingerprint density at radius 3 is 2.41 bits per heavy atom. The third-order valence-corrected chi connectivity index (χ3v) is 3.63. The average molecular weight is 235 g/mol. The number of aliphatic hydroxyl groups is 1. The van der Waals surface area contributed by atoms with E-state index in [2.05, 4.69) is 57.8 Å². The Bertz CT molecular complexity index is 371. The number of benzene rings is 1. The minimum Gasteiger partial charge on any atom is -0.394 e. The van der Waals surface area contributed by atoms with Gasteiger partial charge in [-0.15, -0.1) is 0 Å². The van der Waals surface area contributed by atoms with Crippen molar-refractivity contribution in [2.45, 2.75) is 39.7 Å². The number of hydrogen-bond acceptors (Lipinski definition) is 2. The molecule has 0 amide bonds. The minimum absolute atomic E-state index is 0.140. The standard InChI is InChI=1S/C15H25NO/c1-12-6-7-14(13(2)10-12)8-9-16(5)15(3,4)11-17/h6-7,10,17H,8-9,11H2,1-5H3. The average Bonchev–Trinajstić information content (AvgIpc) is 2.27. The number of nitrogens with zero attached hydrogens (tertiary/aromatic N) is 1. The Balaban J connectivity index is 2.62. The highest BCUT2D eigenvalue weighted by Gasteiger charge is 2.21. The SMILES string of the molecule is Cc1ccc(CCN(C)C(C)(C)CO)c(C)c1. The number of aryl methyl sites for hydroxylation is 2. The highest BCUT2D eigenvalue weighted by molar-refractivity contribution is 5.30. The normalized spacial score (nSPS) is 12.2. The van der Waals surface area contributed by atoms with Crippen LogP contribution >= 0.6 is 0 Å². The van der Waals surface area contributed by atoms with Crippen LogP contribution in [0.3, 0.4) is 0 Å². The van der Waals surface area contributed by atoms with E-state index >= 15 is 0 Å². The van der Waals surface area contributed by atoms with E-state index in [1.807, 2.05) is 0 Å². The van der Waals surface area contributed by atoms with Crippen LogP contribution in [0.2, 0.25) is 0 Å². The van der Waals surface area contributed by atoms with Gasteiger partial charge in [0, 0.05) is 12.1 Å². The lowest BCUT2D eigenvalue weighted by Gasteiger charge is -2.34. The summed E-state index contributed by atoms with van der Waals surface area (Å²) in [4.78, 5) is 2.21. The summed E-state index contributed by atoms with van der Waals surface area (Å²) >= 11 is 0. The highest BCUT2D eigenvalue weighted by Crippen LogP contribution is 2.15. The molecule has 17 heavy (non-hydrogen) atoms. The third kappa shape index (κ3) is 3.83. The Morgan fingerprint density at radius 2 is 1.88 bits per heavy atom. The van der Waals surface area contributed by atoms with Crippen LogP contribution in [0, 0.1) is 13.8 Å². The van der Waals surface area contributed by atoms with Crippen molar-refractivity contribution in [1.82, 2.24) is 4.90 Å². The predicted octanol–water partition coefficient (Wildman–Crippen LogP) is 2.55. The molecule has 0 saturated carbocycles. The molecule has 0 aromatic heterocycles. The summed E-state index contributed by atoms with van der Waals surface area (Å²) in [6.07, 6.45) is 1.03. The minimum atomic E-state index is -0.140. The fourth-order valence-electron chi connectivity index (χ4n) is 1.84. The van der Waals surface area contributed by atoms with Gasteiger partial charge in [-0.25, -0.2) is 0 Å². The van der Waals surface area contributed by atoms with Crippen LogP contribution in [0.25, 0.3) is 0 Å². The van der Waals surface area contributed by atoms with Crippen molar-refractivity contribution in [3.8, 4) is 0 Å². The monoisotopic (exact) mass is 235 g/mol. The molecular weight excluding hydrogens is 210 g/mol. The molecule has 1 rings (SSSR count). The van der Waals surface area contributed by atoms with Gasteiger partial charge in [0.2, 0.25) is 0 Å². The second-order valence-electron chi connectivity index (χ2n) is 5.57. The molecule has 1 N–H and O–H groups in total. The third-order valence-electron chi connectivity index (χ3n) is 3.63. The number of rotatable bonds is 5. The predicted molar refractivity (Wildman–Crippen MR) is 73.4 cm³/mol. The maximum atomic E-state index is 9.31. The summed E-state index contributed by atoms with van der Waals surface area (Å²) in [5.41, 5.74) is 3.94. The van der Waals surface area contributed by atoms with Crippen molar-refractivity contribution in [2.24, 2.45) is 0 Å². The Morgan fingerprint density at radius 1 is 1.24 bits per heavy atom. The molecule has 1 aromatic rings. The van der Waals surface area contributed by atoms with E-state index in [0.29, 0.717) is 0 Å². The smallest absolute Gasteiger partial charge is 0.0609 e. The van der Waals surface area contributed by atoms with Gasteiger partial charge in [0.25, 0.3) is 0 Å². The van der Waals surface area contributed by atoms with E-state index in [-0.39, 0.29) is 12.1 Å². The van der Waals surface area contributed by atoms with E-state index in [1.165, 1.54) is 16.7 Å². The molecule has 0 saturated heterocycles. The zero-order valence-corrected chi connectivity index (χ0v) is 11.7. The lowest BCUT2D eigenvalue weighted by atomic mass is 10.0. The lowest BCUT2D eigenvalue weighted by molar-refractivity contribution is 0.0800. The molecule has 2 heteroatoms. The first kappa shape index (κ1) is 14.2.